The second-order valence-corrected chi connectivity index (χ2v) is 9.00. The molecule has 1 aliphatic rings. The zero-order valence-corrected chi connectivity index (χ0v) is 21.4. The average Bonchev–Trinajstić information content (AvgIpc) is 2.96. The Kier molecular flexibility index (Phi) is 7.60. The van der Waals surface area contributed by atoms with Crippen molar-refractivity contribution in [3.05, 3.63) is 93.8 Å². The summed E-state index contributed by atoms with van der Waals surface area (Å²) in [6, 6.07) is 17.9. The number of esters is 1. The summed E-state index contributed by atoms with van der Waals surface area (Å²) in [5.74, 6) is 1.64. The summed E-state index contributed by atoms with van der Waals surface area (Å²) in [6.45, 7) is 4.08. The van der Waals surface area contributed by atoms with Crippen LogP contribution in [0, 0.1) is 0 Å². The van der Waals surface area contributed by atoms with E-state index in [-0.39, 0.29) is 11.2 Å². The molecular weight excluding hydrogens is 486 g/mol. The number of methoxy groups -OCH3 is 1. The van der Waals surface area contributed by atoms with Crippen LogP contribution in [0.15, 0.2) is 76.1 Å². The third-order valence-corrected chi connectivity index (χ3v) is 6.40. The van der Waals surface area contributed by atoms with Crippen LogP contribution >= 0.6 is 0 Å². The van der Waals surface area contributed by atoms with Gasteiger partial charge >= 0.3 is 5.97 Å². The van der Waals surface area contributed by atoms with Crippen LogP contribution in [0.5, 0.6) is 23.0 Å². The van der Waals surface area contributed by atoms with E-state index in [1.165, 1.54) is 6.26 Å². The summed E-state index contributed by atoms with van der Waals surface area (Å²) in [5.41, 5.74) is 2.56. The average molecular weight is 516 g/mol. The molecule has 4 aromatic rings. The summed E-state index contributed by atoms with van der Waals surface area (Å²) in [5, 5.41) is 0.413. The topological polar surface area (TPSA) is 87.4 Å². The van der Waals surface area contributed by atoms with Crippen LogP contribution < -0.4 is 19.6 Å². The predicted octanol–water partition coefficient (Wildman–Crippen LogP) is 5.56. The van der Waals surface area contributed by atoms with E-state index >= 15 is 0 Å². The molecule has 0 bridgehead atoms. The third kappa shape index (κ3) is 5.35. The van der Waals surface area contributed by atoms with Gasteiger partial charge in [0.1, 0.15) is 35.8 Å². The van der Waals surface area contributed by atoms with Gasteiger partial charge in [0.15, 0.2) is 0 Å². The smallest absolute Gasteiger partial charge is 0.338 e. The Morgan fingerprint density at radius 1 is 1.03 bits per heavy atom. The molecule has 38 heavy (non-hydrogen) atoms. The third-order valence-electron chi connectivity index (χ3n) is 6.40. The van der Waals surface area contributed by atoms with Gasteiger partial charge in [0, 0.05) is 13.1 Å². The largest absolute Gasteiger partial charge is 0.496 e. The molecule has 0 unspecified atom stereocenters. The normalized spacial score (nSPS) is 13.0. The summed E-state index contributed by atoms with van der Waals surface area (Å²) in [6.07, 6.45) is 2.87. The Balaban J connectivity index is 1.32. The van der Waals surface area contributed by atoms with Gasteiger partial charge in [-0.3, -0.25) is 9.69 Å². The molecule has 1 aliphatic heterocycles. The van der Waals surface area contributed by atoms with Crippen molar-refractivity contribution in [1.29, 1.82) is 0 Å². The molecule has 0 saturated heterocycles. The minimum atomic E-state index is -0.396. The molecule has 5 rings (SSSR count). The first-order valence-electron chi connectivity index (χ1n) is 12.6. The predicted molar refractivity (Wildman–Crippen MR) is 142 cm³/mol. The van der Waals surface area contributed by atoms with Crippen LogP contribution in [0.4, 0.5) is 0 Å². The van der Waals surface area contributed by atoms with Crippen LogP contribution in [0.25, 0.3) is 11.0 Å². The van der Waals surface area contributed by atoms with Crippen LogP contribution in [-0.4, -0.2) is 37.9 Å². The van der Waals surface area contributed by atoms with Gasteiger partial charge in [0.25, 0.3) is 0 Å². The first kappa shape index (κ1) is 25.4. The highest BCUT2D eigenvalue weighted by Gasteiger charge is 2.23. The summed E-state index contributed by atoms with van der Waals surface area (Å²) < 4.78 is 28.3. The second kappa shape index (κ2) is 11.4. The van der Waals surface area contributed by atoms with Crippen molar-refractivity contribution in [2.75, 3.05) is 27.0 Å². The quantitative estimate of drug-likeness (QED) is 0.268. The Morgan fingerprint density at radius 2 is 1.84 bits per heavy atom. The number of fused-ring (bicyclic) bond motifs is 3. The van der Waals surface area contributed by atoms with Gasteiger partial charge in [-0.05, 0) is 60.9 Å². The van der Waals surface area contributed by atoms with Crippen molar-refractivity contribution in [2.24, 2.45) is 0 Å². The molecule has 0 spiro atoms. The van der Waals surface area contributed by atoms with Crippen molar-refractivity contribution in [2.45, 2.75) is 26.3 Å². The summed E-state index contributed by atoms with van der Waals surface area (Å²) in [7, 11) is 1.67. The lowest BCUT2D eigenvalue weighted by Gasteiger charge is -2.29. The van der Waals surface area contributed by atoms with Gasteiger partial charge in [-0.15, -0.1) is 0 Å². The molecule has 0 fully saturated rings. The van der Waals surface area contributed by atoms with E-state index in [1.54, 1.807) is 43.5 Å². The lowest BCUT2D eigenvalue weighted by molar-refractivity contribution is 0.0505. The molecule has 8 nitrogen and oxygen atoms in total. The van der Waals surface area contributed by atoms with Gasteiger partial charge in [-0.2, -0.15) is 0 Å². The Morgan fingerprint density at radius 3 is 2.63 bits per heavy atom. The zero-order chi connectivity index (χ0) is 26.5. The number of hydrogen-bond acceptors (Lipinski definition) is 8. The zero-order valence-electron chi connectivity index (χ0n) is 21.4. The summed E-state index contributed by atoms with van der Waals surface area (Å²) >= 11 is 0. The minimum absolute atomic E-state index is 0.0588. The highest BCUT2D eigenvalue weighted by atomic mass is 16.5. The SMILES string of the molecule is CCCOC(=O)c1ccc(Oc2coc3c4c(ccc3c2=O)OCN(CCc2ccccc2OC)C4)cc1. The standard InChI is InChI=1S/C30H29NO7/c1-3-16-35-30(33)21-8-10-22(11-9-21)38-27-18-36-29-23(28(27)32)12-13-26-24(29)17-31(19-37-26)15-14-20-6-4-5-7-25(20)34-2/h4-13,18H,3,14-17,19H2,1-2H3. The van der Waals surface area contributed by atoms with Crippen molar-refractivity contribution < 1.29 is 28.2 Å². The van der Waals surface area contributed by atoms with Crippen LogP contribution in [-0.2, 0) is 17.7 Å². The number of benzene rings is 3. The molecule has 0 amide bonds. The highest BCUT2D eigenvalue weighted by Crippen LogP contribution is 2.33. The number of carbonyl (C=O) groups is 1. The van der Waals surface area contributed by atoms with E-state index < -0.39 is 5.97 Å². The Labute approximate surface area is 220 Å². The van der Waals surface area contributed by atoms with E-state index in [0.717, 1.165) is 36.3 Å². The molecule has 0 radical (unpaired) electrons. The molecule has 0 N–H and O–H groups in total. The van der Waals surface area contributed by atoms with E-state index in [0.29, 0.717) is 47.9 Å². The van der Waals surface area contributed by atoms with Gasteiger partial charge in [0.05, 0.1) is 30.2 Å². The lowest BCUT2D eigenvalue weighted by atomic mass is 10.1. The number of carbonyl (C=O) groups excluding carboxylic acids is 1. The number of ether oxygens (including phenoxy) is 4. The minimum Gasteiger partial charge on any atom is -0.496 e. The van der Waals surface area contributed by atoms with Crippen molar-refractivity contribution >= 4 is 16.9 Å². The number of nitrogens with zero attached hydrogens (tertiary/aromatic N) is 1. The van der Waals surface area contributed by atoms with Crippen LogP contribution in [0.2, 0.25) is 0 Å². The number of para-hydroxylation sites is 1. The van der Waals surface area contributed by atoms with Gasteiger partial charge in [-0.1, -0.05) is 25.1 Å². The lowest BCUT2D eigenvalue weighted by Crippen LogP contribution is -2.33. The first-order chi connectivity index (χ1) is 18.6. The molecule has 1 aromatic heterocycles. The molecule has 0 atom stereocenters. The monoisotopic (exact) mass is 515 g/mol. The maximum atomic E-state index is 13.2. The van der Waals surface area contributed by atoms with Gasteiger partial charge in [-0.25, -0.2) is 4.79 Å². The van der Waals surface area contributed by atoms with Crippen molar-refractivity contribution in [3.8, 4) is 23.0 Å². The fraction of sp³-hybridized carbons (Fsp3) is 0.267. The van der Waals surface area contributed by atoms with E-state index in [9.17, 15) is 9.59 Å². The van der Waals surface area contributed by atoms with Crippen molar-refractivity contribution in [1.82, 2.24) is 4.90 Å². The first-order valence-corrected chi connectivity index (χ1v) is 12.6. The highest BCUT2D eigenvalue weighted by molar-refractivity contribution is 5.89. The molecule has 2 heterocycles. The molecule has 0 aliphatic carbocycles. The number of rotatable bonds is 9. The molecule has 0 saturated carbocycles. The van der Waals surface area contributed by atoms with Gasteiger partial charge < -0.3 is 23.4 Å². The maximum absolute atomic E-state index is 13.2. The maximum Gasteiger partial charge on any atom is 0.338 e. The van der Waals surface area contributed by atoms with E-state index in [1.807, 2.05) is 25.1 Å². The summed E-state index contributed by atoms with van der Waals surface area (Å²) in [4.78, 5) is 27.4. The van der Waals surface area contributed by atoms with Gasteiger partial charge in [0.2, 0.25) is 11.2 Å². The molecule has 196 valence electrons. The second-order valence-electron chi connectivity index (χ2n) is 9.00. The molecule has 8 heteroatoms. The van der Waals surface area contributed by atoms with E-state index in [4.69, 9.17) is 23.4 Å². The molecular formula is C30H29NO7. The Bertz CT molecular complexity index is 1490. The van der Waals surface area contributed by atoms with Crippen LogP contribution in [0.1, 0.15) is 34.8 Å². The Hall–Kier alpha value is -4.30. The number of hydrogen-bond donors (Lipinski definition) is 0. The van der Waals surface area contributed by atoms with Crippen LogP contribution in [0.3, 0.4) is 0 Å². The van der Waals surface area contributed by atoms with Crippen molar-refractivity contribution in [3.63, 3.8) is 0 Å². The van der Waals surface area contributed by atoms with E-state index in [2.05, 4.69) is 11.0 Å². The fourth-order valence-corrected chi connectivity index (χ4v) is 4.40. The fourth-order valence-electron chi connectivity index (χ4n) is 4.40. The molecule has 3 aromatic carbocycles.